The van der Waals surface area contributed by atoms with Crippen molar-refractivity contribution in [3.8, 4) is 0 Å². The van der Waals surface area contributed by atoms with E-state index in [9.17, 15) is 9.90 Å². The molecule has 19 heavy (non-hydrogen) atoms. The summed E-state index contributed by atoms with van der Waals surface area (Å²) >= 11 is 0. The van der Waals surface area contributed by atoms with E-state index in [4.69, 9.17) is 0 Å². The van der Waals surface area contributed by atoms with E-state index in [2.05, 4.69) is 17.9 Å². The van der Waals surface area contributed by atoms with Crippen LogP contribution in [0.3, 0.4) is 0 Å². The van der Waals surface area contributed by atoms with E-state index in [1.165, 1.54) is 6.42 Å². The zero-order valence-electron chi connectivity index (χ0n) is 11.6. The van der Waals surface area contributed by atoms with E-state index in [0.717, 1.165) is 37.9 Å². The maximum absolute atomic E-state index is 12.1. The molecule has 2 heterocycles. The van der Waals surface area contributed by atoms with E-state index < -0.39 is 6.10 Å². The topological polar surface area (TPSA) is 40.5 Å². The lowest BCUT2D eigenvalue weighted by molar-refractivity contribution is -0.123. The van der Waals surface area contributed by atoms with Crippen molar-refractivity contribution in [3.63, 3.8) is 0 Å². The third kappa shape index (κ3) is 2.30. The smallest absolute Gasteiger partial charge is 0.161 e. The largest absolute Gasteiger partial charge is 0.388 e. The summed E-state index contributed by atoms with van der Waals surface area (Å²) in [6.45, 7) is 4.32. The van der Waals surface area contributed by atoms with Crippen LogP contribution in [-0.4, -0.2) is 41.0 Å². The normalized spacial score (nSPS) is 37.1. The fourth-order valence-electron chi connectivity index (χ4n) is 3.93. The first kappa shape index (κ1) is 13.1. The number of nitrogens with zero attached hydrogens (tertiary/aromatic N) is 1. The monoisotopic (exact) mass is 261 g/mol. The number of ketones is 1. The van der Waals surface area contributed by atoms with Gasteiger partial charge in [-0.25, -0.2) is 0 Å². The highest BCUT2D eigenvalue weighted by molar-refractivity contribution is 5.93. The predicted octanol–water partition coefficient (Wildman–Crippen LogP) is 1.92. The number of allylic oxidation sites excluding steroid dienone is 2. The highest BCUT2D eigenvalue weighted by Crippen LogP contribution is 2.35. The Hall–Kier alpha value is -0.930. The molecule has 3 aliphatic rings. The molecule has 3 rings (SSSR count). The second-order valence-electron chi connectivity index (χ2n) is 6.18. The number of carbonyl (C=O) groups is 1. The van der Waals surface area contributed by atoms with Crippen LogP contribution in [-0.2, 0) is 4.79 Å². The van der Waals surface area contributed by atoms with Crippen LogP contribution in [0, 0.1) is 11.8 Å². The first-order chi connectivity index (χ1) is 9.18. The molecule has 0 aromatic rings. The fraction of sp³-hybridized carbons (Fsp3) is 0.688. The Morgan fingerprint density at radius 1 is 1.42 bits per heavy atom. The number of rotatable bonds is 2. The summed E-state index contributed by atoms with van der Waals surface area (Å²) in [5, 5.41) is 10.7. The molecule has 0 aromatic heterocycles. The summed E-state index contributed by atoms with van der Waals surface area (Å²) in [5.41, 5.74) is 1.12. The third-order valence-electron chi connectivity index (χ3n) is 4.96. The van der Waals surface area contributed by atoms with Crippen LogP contribution >= 0.6 is 0 Å². The third-order valence-corrected chi connectivity index (χ3v) is 4.96. The van der Waals surface area contributed by atoms with Gasteiger partial charge in [-0.2, -0.15) is 0 Å². The van der Waals surface area contributed by atoms with Gasteiger partial charge in [0.15, 0.2) is 5.78 Å². The summed E-state index contributed by atoms with van der Waals surface area (Å²) in [4.78, 5) is 14.6. The minimum Gasteiger partial charge on any atom is -0.388 e. The SMILES string of the molecule is C[C@H]1CC=CC(=O)[C@@H]1C(O)C1=CCCN2CCC[C@@H]12. The molecule has 0 spiro atoms. The number of hydrogen-bond acceptors (Lipinski definition) is 3. The van der Waals surface area contributed by atoms with E-state index in [-0.39, 0.29) is 17.6 Å². The van der Waals surface area contributed by atoms with Crippen LogP contribution in [0.5, 0.6) is 0 Å². The van der Waals surface area contributed by atoms with Crippen molar-refractivity contribution in [1.82, 2.24) is 4.90 Å². The van der Waals surface area contributed by atoms with Crippen LogP contribution in [0.4, 0.5) is 0 Å². The highest BCUT2D eigenvalue weighted by Gasteiger charge is 2.40. The van der Waals surface area contributed by atoms with Crippen molar-refractivity contribution in [2.24, 2.45) is 11.8 Å². The van der Waals surface area contributed by atoms with Gasteiger partial charge in [-0.1, -0.05) is 19.1 Å². The Balaban J connectivity index is 1.83. The van der Waals surface area contributed by atoms with E-state index in [0.29, 0.717) is 6.04 Å². The van der Waals surface area contributed by atoms with Crippen LogP contribution in [0.1, 0.15) is 32.6 Å². The van der Waals surface area contributed by atoms with Crippen LogP contribution < -0.4 is 0 Å². The molecule has 0 amide bonds. The van der Waals surface area contributed by atoms with Crippen molar-refractivity contribution < 1.29 is 9.90 Å². The Morgan fingerprint density at radius 3 is 3.05 bits per heavy atom. The second kappa shape index (κ2) is 5.22. The van der Waals surface area contributed by atoms with Gasteiger partial charge in [0.25, 0.3) is 0 Å². The Bertz CT molecular complexity index is 426. The highest BCUT2D eigenvalue weighted by atomic mass is 16.3. The molecule has 0 aromatic carbocycles. The molecule has 3 heteroatoms. The van der Waals surface area contributed by atoms with Crippen molar-refractivity contribution in [2.75, 3.05) is 13.1 Å². The van der Waals surface area contributed by atoms with Gasteiger partial charge in [0.2, 0.25) is 0 Å². The van der Waals surface area contributed by atoms with Crippen molar-refractivity contribution >= 4 is 5.78 Å². The van der Waals surface area contributed by atoms with Crippen LogP contribution in [0.2, 0.25) is 0 Å². The molecule has 0 bridgehead atoms. The molecule has 104 valence electrons. The Labute approximate surface area is 115 Å². The summed E-state index contributed by atoms with van der Waals surface area (Å²) in [5.74, 6) is 0.101. The number of aliphatic hydroxyl groups excluding tert-OH is 1. The van der Waals surface area contributed by atoms with Gasteiger partial charge in [-0.05, 0) is 49.8 Å². The maximum atomic E-state index is 12.1. The van der Waals surface area contributed by atoms with Crippen molar-refractivity contribution in [3.05, 3.63) is 23.8 Å². The number of fused-ring (bicyclic) bond motifs is 1. The van der Waals surface area contributed by atoms with Crippen LogP contribution in [0.25, 0.3) is 0 Å². The molecule has 4 atom stereocenters. The van der Waals surface area contributed by atoms with Gasteiger partial charge >= 0.3 is 0 Å². The van der Waals surface area contributed by atoms with Crippen molar-refractivity contribution in [1.29, 1.82) is 0 Å². The standard InChI is InChI=1S/C16H23NO2/c1-11-5-2-8-14(18)15(11)16(19)12-6-3-9-17-10-4-7-13(12)17/h2,6,8,11,13,15-16,19H,3-5,7,9-10H2,1H3/t11-,13-,15+,16?/m0/s1. The average Bonchev–Trinajstić information content (AvgIpc) is 2.86. The molecule has 1 aliphatic carbocycles. The zero-order chi connectivity index (χ0) is 13.4. The van der Waals surface area contributed by atoms with Gasteiger partial charge < -0.3 is 5.11 Å². The van der Waals surface area contributed by atoms with Crippen molar-refractivity contribution in [2.45, 2.75) is 44.8 Å². The average molecular weight is 261 g/mol. The lowest BCUT2D eigenvalue weighted by Crippen LogP contribution is -2.44. The minimum atomic E-state index is -0.585. The van der Waals surface area contributed by atoms with Gasteiger partial charge in [0.1, 0.15) is 0 Å². The predicted molar refractivity (Wildman–Crippen MR) is 74.7 cm³/mol. The van der Waals surface area contributed by atoms with Gasteiger partial charge in [-0.3, -0.25) is 9.69 Å². The molecule has 0 saturated carbocycles. The molecular formula is C16H23NO2. The molecule has 0 radical (unpaired) electrons. The molecule has 3 nitrogen and oxygen atoms in total. The Kier molecular flexibility index (Phi) is 3.59. The summed E-state index contributed by atoms with van der Waals surface area (Å²) < 4.78 is 0. The molecule has 1 unspecified atom stereocenters. The lowest BCUT2D eigenvalue weighted by Gasteiger charge is -2.37. The molecule has 1 fully saturated rings. The number of aliphatic hydroxyl groups is 1. The fourth-order valence-corrected chi connectivity index (χ4v) is 3.93. The van der Waals surface area contributed by atoms with Gasteiger partial charge in [0, 0.05) is 12.6 Å². The zero-order valence-corrected chi connectivity index (χ0v) is 11.6. The maximum Gasteiger partial charge on any atom is 0.161 e. The lowest BCUT2D eigenvalue weighted by atomic mass is 9.75. The Morgan fingerprint density at radius 2 is 2.26 bits per heavy atom. The number of carbonyl (C=O) groups excluding carboxylic acids is 1. The van der Waals surface area contributed by atoms with Gasteiger partial charge in [0.05, 0.1) is 12.0 Å². The first-order valence-corrected chi connectivity index (χ1v) is 7.51. The first-order valence-electron chi connectivity index (χ1n) is 7.51. The molecular weight excluding hydrogens is 238 g/mol. The van der Waals surface area contributed by atoms with E-state index >= 15 is 0 Å². The second-order valence-corrected chi connectivity index (χ2v) is 6.18. The molecule has 1 N–H and O–H groups in total. The quantitative estimate of drug-likeness (QED) is 0.772. The van der Waals surface area contributed by atoms with Gasteiger partial charge in [-0.15, -0.1) is 0 Å². The molecule has 1 saturated heterocycles. The summed E-state index contributed by atoms with van der Waals surface area (Å²) in [7, 11) is 0. The van der Waals surface area contributed by atoms with E-state index in [1.54, 1.807) is 6.08 Å². The summed E-state index contributed by atoms with van der Waals surface area (Å²) in [6.07, 6.45) is 9.45. The van der Waals surface area contributed by atoms with E-state index in [1.807, 2.05) is 6.08 Å². The summed E-state index contributed by atoms with van der Waals surface area (Å²) in [6, 6.07) is 0.384. The molecule has 2 aliphatic heterocycles. The van der Waals surface area contributed by atoms with Crippen LogP contribution in [0.15, 0.2) is 23.8 Å². The number of hydrogen-bond donors (Lipinski definition) is 1. The minimum absolute atomic E-state index is 0.0993.